The summed E-state index contributed by atoms with van der Waals surface area (Å²) in [7, 11) is -2.62. The van der Waals surface area contributed by atoms with E-state index in [-0.39, 0.29) is 28.4 Å². The molecule has 0 aliphatic carbocycles. The number of nitrogens with zero attached hydrogens (tertiary/aromatic N) is 4. The highest BCUT2D eigenvalue weighted by atomic mass is 35.5. The summed E-state index contributed by atoms with van der Waals surface area (Å²) in [5.74, 6) is -0.434. The molecule has 0 spiro atoms. The van der Waals surface area contributed by atoms with E-state index in [1.54, 1.807) is 0 Å². The molecular weight excluding hydrogens is 522 g/mol. The van der Waals surface area contributed by atoms with Crippen molar-refractivity contribution < 1.29 is 34.8 Å². The van der Waals surface area contributed by atoms with Crippen LogP contribution in [0.4, 0.5) is 26.3 Å². The van der Waals surface area contributed by atoms with Gasteiger partial charge in [0, 0.05) is 18.8 Å². The molecule has 3 heterocycles. The molecule has 1 aromatic carbocycles. The van der Waals surface area contributed by atoms with E-state index in [9.17, 15) is 34.8 Å². The third-order valence-corrected chi connectivity index (χ3v) is 7.40. The van der Waals surface area contributed by atoms with Gasteiger partial charge >= 0.3 is 12.4 Å². The minimum absolute atomic E-state index is 0.0136. The van der Waals surface area contributed by atoms with Gasteiger partial charge in [-0.3, -0.25) is 4.40 Å². The maximum absolute atomic E-state index is 13.3. The molecule has 0 unspecified atom stereocenters. The van der Waals surface area contributed by atoms with Crippen molar-refractivity contribution in [2.75, 3.05) is 5.75 Å². The molecule has 0 aliphatic rings. The number of pyridine rings is 1. The first-order chi connectivity index (χ1) is 16.1. The number of sulfone groups is 1. The fourth-order valence-corrected chi connectivity index (χ4v) is 5.01. The molecule has 0 aliphatic heterocycles. The summed E-state index contributed by atoms with van der Waals surface area (Å²) in [5.41, 5.74) is -1.81. The zero-order valence-corrected chi connectivity index (χ0v) is 19.5. The third-order valence-electron chi connectivity index (χ3n) is 5.35. The molecule has 14 heteroatoms. The third kappa shape index (κ3) is 4.38. The van der Waals surface area contributed by atoms with E-state index >= 15 is 0 Å². The zero-order valence-electron chi connectivity index (χ0n) is 17.9. The van der Waals surface area contributed by atoms with Gasteiger partial charge in [0.15, 0.2) is 20.7 Å². The molecule has 0 atom stereocenters. The van der Waals surface area contributed by atoms with Gasteiger partial charge in [-0.25, -0.2) is 18.4 Å². The fraction of sp³-hybridized carbons (Fsp3) is 0.238. The van der Waals surface area contributed by atoms with Gasteiger partial charge in [0.1, 0.15) is 11.3 Å². The number of benzene rings is 1. The van der Waals surface area contributed by atoms with Gasteiger partial charge in [-0.2, -0.15) is 26.3 Å². The number of hydrogen-bond donors (Lipinski definition) is 0. The predicted octanol–water partition coefficient (Wildman–Crippen LogP) is 5.89. The van der Waals surface area contributed by atoms with Gasteiger partial charge in [0.2, 0.25) is 0 Å². The highest BCUT2D eigenvalue weighted by Gasteiger charge is 2.35. The normalized spacial score (nSPS) is 13.1. The van der Waals surface area contributed by atoms with E-state index < -0.39 is 49.1 Å². The SMILES string of the molecule is CCS(=O)(=O)c1c(-c2ncc(-c3ccc(C(F)(F)F)c(Cl)c3)n2C)nc2ccc(C(F)(F)F)cn12. The molecule has 0 N–H and O–H groups in total. The van der Waals surface area contributed by atoms with E-state index in [0.29, 0.717) is 6.20 Å². The lowest BCUT2D eigenvalue weighted by atomic mass is 10.1. The van der Waals surface area contributed by atoms with E-state index in [2.05, 4.69) is 9.97 Å². The van der Waals surface area contributed by atoms with Crippen molar-refractivity contribution in [3.8, 4) is 22.8 Å². The van der Waals surface area contributed by atoms with Crippen molar-refractivity contribution in [2.45, 2.75) is 24.3 Å². The summed E-state index contributed by atoms with van der Waals surface area (Å²) < 4.78 is 107. The maximum Gasteiger partial charge on any atom is 0.417 e. The number of aromatic nitrogens is 4. The number of halogens is 7. The Morgan fingerprint density at radius 2 is 1.71 bits per heavy atom. The Morgan fingerprint density at radius 1 is 1.03 bits per heavy atom. The molecule has 0 saturated heterocycles. The fourth-order valence-electron chi connectivity index (χ4n) is 3.57. The Labute approximate surface area is 199 Å². The number of rotatable bonds is 4. The molecule has 186 valence electrons. The average Bonchev–Trinajstić information content (AvgIpc) is 3.32. The number of alkyl halides is 6. The van der Waals surface area contributed by atoms with Crippen molar-refractivity contribution >= 4 is 27.1 Å². The first kappa shape index (κ1) is 25.0. The Bertz CT molecular complexity index is 1550. The van der Waals surface area contributed by atoms with Crippen LogP contribution in [0, 0.1) is 0 Å². The number of fused-ring (bicyclic) bond motifs is 1. The lowest BCUT2D eigenvalue weighted by Crippen LogP contribution is -2.12. The molecule has 6 nitrogen and oxygen atoms in total. The van der Waals surface area contributed by atoms with E-state index in [0.717, 1.165) is 28.7 Å². The molecule has 0 saturated carbocycles. The van der Waals surface area contributed by atoms with E-state index in [1.807, 2.05) is 0 Å². The van der Waals surface area contributed by atoms with E-state index in [4.69, 9.17) is 11.6 Å². The second kappa shape index (κ2) is 8.26. The number of imidazole rings is 2. The average molecular weight is 537 g/mol. The summed E-state index contributed by atoms with van der Waals surface area (Å²) in [4.78, 5) is 8.38. The molecule has 0 amide bonds. The van der Waals surface area contributed by atoms with Crippen LogP contribution >= 0.6 is 11.6 Å². The van der Waals surface area contributed by atoms with Gasteiger partial charge in [-0.05, 0) is 24.3 Å². The van der Waals surface area contributed by atoms with E-state index in [1.165, 1.54) is 30.8 Å². The van der Waals surface area contributed by atoms with Gasteiger partial charge < -0.3 is 4.57 Å². The minimum Gasteiger partial charge on any atom is -0.326 e. The first-order valence-electron chi connectivity index (χ1n) is 9.86. The Kier molecular flexibility index (Phi) is 5.91. The van der Waals surface area contributed by atoms with Gasteiger partial charge in [-0.15, -0.1) is 0 Å². The molecular formula is C21H15ClF6N4O2S. The zero-order chi connectivity index (χ0) is 25.9. The summed E-state index contributed by atoms with van der Waals surface area (Å²) in [5, 5.41) is -1.02. The second-order valence-corrected chi connectivity index (χ2v) is 10.1. The monoisotopic (exact) mass is 536 g/mol. The van der Waals surface area contributed by atoms with Crippen LogP contribution in [0.5, 0.6) is 0 Å². The van der Waals surface area contributed by atoms with Crippen LogP contribution in [0.25, 0.3) is 28.4 Å². The van der Waals surface area contributed by atoms with Crippen molar-refractivity contribution in [2.24, 2.45) is 7.05 Å². The molecule has 4 aromatic rings. The largest absolute Gasteiger partial charge is 0.417 e. The second-order valence-electron chi connectivity index (χ2n) is 7.53. The molecule has 4 rings (SSSR count). The van der Waals surface area contributed by atoms with Gasteiger partial charge in [0.05, 0.1) is 33.8 Å². The van der Waals surface area contributed by atoms with Crippen LogP contribution in [-0.2, 0) is 29.2 Å². The van der Waals surface area contributed by atoms with Crippen LogP contribution in [0.2, 0.25) is 5.02 Å². The van der Waals surface area contributed by atoms with Gasteiger partial charge in [0.25, 0.3) is 0 Å². The highest BCUT2D eigenvalue weighted by molar-refractivity contribution is 7.91. The summed E-state index contributed by atoms with van der Waals surface area (Å²) in [6.07, 6.45) is -7.44. The van der Waals surface area contributed by atoms with Crippen molar-refractivity contribution in [1.82, 2.24) is 18.9 Å². The lowest BCUT2D eigenvalue weighted by Gasteiger charge is -2.11. The van der Waals surface area contributed by atoms with Crippen molar-refractivity contribution in [1.29, 1.82) is 0 Å². The Balaban J connectivity index is 1.93. The topological polar surface area (TPSA) is 69.3 Å². The lowest BCUT2D eigenvalue weighted by molar-refractivity contribution is -0.138. The van der Waals surface area contributed by atoms with Crippen molar-refractivity contribution in [3.05, 3.63) is 58.9 Å². The smallest absolute Gasteiger partial charge is 0.326 e. The molecule has 0 fully saturated rings. The van der Waals surface area contributed by atoms with Gasteiger partial charge in [-0.1, -0.05) is 24.6 Å². The first-order valence-corrected chi connectivity index (χ1v) is 11.9. The van der Waals surface area contributed by atoms with Crippen LogP contribution < -0.4 is 0 Å². The maximum atomic E-state index is 13.3. The summed E-state index contributed by atoms with van der Waals surface area (Å²) in [6.45, 7) is 1.33. The minimum atomic E-state index is -4.72. The predicted molar refractivity (Wildman–Crippen MR) is 116 cm³/mol. The Morgan fingerprint density at radius 3 is 2.29 bits per heavy atom. The molecule has 0 radical (unpaired) electrons. The highest BCUT2D eigenvalue weighted by Crippen LogP contribution is 2.38. The van der Waals surface area contributed by atoms with Crippen molar-refractivity contribution in [3.63, 3.8) is 0 Å². The Hall–Kier alpha value is -3.06. The molecule has 35 heavy (non-hydrogen) atoms. The quantitative estimate of drug-likeness (QED) is 0.305. The molecule has 0 bridgehead atoms. The van der Waals surface area contributed by atoms with Crippen LogP contribution in [0.1, 0.15) is 18.1 Å². The van der Waals surface area contributed by atoms with Crippen LogP contribution in [0.15, 0.2) is 47.8 Å². The van der Waals surface area contributed by atoms with Crippen LogP contribution in [0.3, 0.4) is 0 Å². The molecule has 3 aromatic heterocycles. The van der Waals surface area contributed by atoms with Crippen LogP contribution in [-0.4, -0.2) is 33.1 Å². The summed E-state index contributed by atoms with van der Waals surface area (Å²) in [6, 6.07) is 4.90. The standard InChI is InChI=1S/C21H15ClF6N4O2S/c1-3-35(33,34)19-17(30-16-7-5-12(10-32(16)19)20(23,24)25)18-29-9-15(31(18)2)11-4-6-13(14(22)8-11)21(26,27)28/h4-10H,3H2,1-2H3. The number of hydrogen-bond acceptors (Lipinski definition) is 4. The summed E-state index contributed by atoms with van der Waals surface area (Å²) >= 11 is 5.81.